The van der Waals surface area contributed by atoms with Crippen LogP contribution in [0.4, 0.5) is 0 Å². The maximum absolute atomic E-state index is 13.2. The summed E-state index contributed by atoms with van der Waals surface area (Å²) < 4.78 is 38.1. The smallest absolute Gasteiger partial charge is 0.243 e. The zero-order chi connectivity index (χ0) is 20.6. The van der Waals surface area contributed by atoms with Crippen LogP contribution in [0.3, 0.4) is 0 Å². The topological polar surface area (TPSA) is 88.9 Å². The predicted molar refractivity (Wildman–Crippen MR) is 106 cm³/mol. The van der Waals surface area contributed by atoms with E-state index >= 15 is 0 Å². The van der Waals surface area contributed by atoms with E-state index in [0.29, 0.717) is 18.1 Å². The number of nitrogens with zero attached hydrogens (tertiary/aromatic N) is 1. The lowest BCUT2D eigenvalue weighted by atomic mass is 10.2. The molecule has 0 aliphatic rings. The van der Waals surface area contributed by atoms with Crippen LogP contribution in [0.2, 0.25) is 0 Å². The monoisotopic (exact) mass is 408 g/mol. The summed E-state index contributed by atoms with van der Waals surface area (Å²) in [4.78, 5) is 12.6. The fourth-order valence-electron chi connectivity index (χ4n) is 2.75. The highest BCUT2D eigenvalue weighted by atomic mass is 32.2. The molecule has 0 aliphatic carbocycles. The van der Waals surface area contributed by atoms with Crippen molar-refractivity contribution in [1.29, 1.82) is 0 Å². The van der Waals surface area contributed by atoms with Gasteiger partial charge in [-0.1, -0.05) is 13.8 Å². The molecule has 8 heteroatoms. The van der Waals surface area contributed by atoms with Gasteiger partial charge in [0.2, 0.25) is 15.9 Å². The zero-order valence-electron chi connectivity index (χ0n) is 16.6. The Hall–Kier alpha value is -2.32. The van der Waals surface area contributed by atoms with Crippen LogP contribution in [0.25, 0.3) is 0 Å². The van der Waals surface area contributed by atoms with Gasteiger partial charge in [0, 0.05) is 6.04 Å². The molecule has 28 heavy (non-hydrogen) atoms. The molecule has 1 amide bonds. The summed E-state index contributed by atoms with van der Waals surface area (Å²) in [5.41, 5.74) is 0. The van der Waals surface area contributed by atoms with Crippen molar-refractivity contribution in [3.05, 3.63) is 48.4 Å². The Bertz CT molecular complexity index is 828. The average Bonchev–Trinajstić information content (AvgIpc) is 3.19. The molecule has 1 N–H and O–H groups in total. The number of ether oxygens (including phenoxy) is 1. The molecule has 0 aliphatic heterocycles. The van der Waals surface area contributed by atoms with Crippen molar-refractivity contribution in [3.63, 3.8) is 0 Å². The first kappa shape index (κ1) is 22.0. The molecule has 0 saturated heterocycles. The van der Waals surface area contributed by atoms with Crippen molar-refractivity contribution in [1.82, 2.24) is 9.62 Å². The van der Waals surface area contributed by atoms with E-state index in [-0.39, 0.29) is 29.9 Å². The van der Waals surface area contributed by atoms with E-state index in [1.165, 1.54) is 18.4 Å². The van der Waals surface area contributed by atoms with E-state index in [2.05, 4.69) is 5.32 Å². The Balaban J connectivity index is 2.24. The first-order valence-corrected chi connectivity index (χ1v) is 10.9. The molecule has 0 atom stereocenters. The van der Waals surface area contributed by atoms with Crippen molar-refractivity contribution in [2.45, 2.75) is 51.1 Å². The highest BCUT2D eigenvalue weighted by Crippen LogP contribution is 2.21. The molecule has 0 saturated carbocycles. The lowest BCUT2D eigenvalue weighted by molar-refractivity contribution is -0.122. The Morgan fingerprint density at radius 3 is 2.36 bits per heavy atom. The maximum atomic E-state index is 13.2. The molecule has 1 aromatic heterocycles. The number of carbonyl (C=O) groups excluding carboxylic acids is 1. The van der Waals surface area contributed by atoms with Crippen LogP contribution in [-0.2, 0) is 21.4 Å². The van der Waals surface area contributed by atoms with Crippen LogP contribution < -0.4 is 10.1 Å². The molecular formula is C20H28N2O5S. The molecule has 0 unspecified atom stereocenters. The van der Waals surface area contributed by atoms with Crippen molar-refractivity contribution in [2.75, 3.05) is 13.2 Å². The van der Waals surface area contributed by atoms with Gasteiger partial charge in [0.15, 0.2) is 0 Å². The lowest BCUT2D eigenvalue weighted by Crippen LogP contribution is -2.43. The van der Waals surface area contributed by atoms with Crippen LogP contribution >= 0.6 is 0 Å². The van der Waals surface area contributed by atoms with Gasteiger partial charge in [-0.05, 0) is 56.2 Å². The summed E-state index contributed by atoms with van der Waals surface area (Å²) in [5, 5.41) is 2.88. The highest BCUT2D eigenvalue weighted by molar-refractivity contribution is 7.89. The third-order valence-corrected chi connectivity index (χ3v) is 6.16. The van der Waals surface area contributed by atoms with E-state index < -0.39 is 10.0 Å². The number of hydrogen-bond donors (Lipinski definition) is 1. The third kappa shape index (κ3) is 5.84. The molecule has 1 heterocycles. The highest BCUT2D eigenvalue weighted by Gasteiger charge is 2.28. The number of sulfonamides is 1. The lowest BCUT2D eigenvalue weighted by Gasteiger charge is -2.22. The number of nitrogens with one attached hydrogen (secondary N) is 1. The summed E-state index contributed by atoms with van der Waals surface area (Å²) in [5.74, 6) is 0.713. The average molecular weight is 409 g/mol. The largest absolute Gasteiger partial charge is 0.494 e. The van der Waals surface area contributed by atoms with Gasteiger partial charge >= 0.3 is 0 Å². The second kappa shape index (κ2) is 10.3. The molecular weight excluding hydrogens is 380 g/mol. The minimum atomic E-state index is -3.90. The van der Waals surface area contributed by atoms with Crippen LogP contribution in [0.15, 0.2) is 52.0 Å². The Labute approximate surface area is 166 Å². The minimum absolute atomic E-state index is 0.0196. The van der Waals surface area contributed by atoms with Crippen LogP contribution in [0, 0.1) is 0 Å². The van der Waals surface area contributed by atoms with Gasteiger partial charge in [-0.25, -0.2) is 8.42 Å². The van der Waals surface area contributed by atoms with E-state index in [1.807, 2.05) is 20.8 Å². The van der Waals surface area contributed by atoms with E-state index in [0.717, 1.165) is 17.1 Å². The molecule has 0 radical (unpaired) electrons. The molecule has 7 nitrogen and oxygen atoms in total. The number of carbonyl (C=O) groups is 1. The number of benzene rings is 1. The van der Waals surface area contributed by atoms with Gasteiger partial charge in [-0.3, -0.25) is 4.79 Å². The van der Waals surface area contributed by atoms with Crippen molar-refractivity contribution in [2.24, 2.45) is 0 Å². The van der Waals surface area contributed by atoms with Gasteiger partial charge in [0.1, 0.15) is 11.5 Å². The molecule has 2 rings (SSSR count). The quantitative estimate of drug-likeness (QED) is 0.617. The Kier molecular flexibility index (Phi) is 8.07. The standard InChI is InChI=1S/C20H28N2O5S/c1-4-16(5-2)21-20(23)15-22(14-18-8-7-13-27-18)28(24,25)19-11-9-17(10-12-19)26-6-3/h7-13,16H,4-6,14-15H2,1-3H3,(H,21,23). The normalized spacial score (nSPS) is 11.8. The molecule has 1 aromatic carbocycles. The third-order valence-electron chi connectivity index (χ3n) is 4.36. The molecule has 0 fully saturated rings. The van der Waals surface area contributed by atoms with Gasteiger partial charge in [0.25, 0.3) is 0 Å². The number of amides is 1. The number of hydrogen-bond acceptors (Lipinski definition) is 5. The van der Waals surface area contributed by atoms with Gasteiger partial charge < -0.3 is 14.5 Å². The first-order valence-electron chi connectivity index (χ1n) is 9.45. The van der Waals surface area contributed by atoms with E-state index in [9.17, 15) is 13.2 Å². The second-order valence-corrected chi connectivity index (χ2v) is 8.28. The second-order valence-electron chi connectivity index (χ2n) is 6.34. The van der Waals surface area contributed by atoms with Crippen molar-refractivity contribution >= 4 is 15.9 Å². The van der Waals surface area contributed by atoms with Crippen molar-refractivity contribution in [3.8, 4) is 5.75 Å². The van der Waals surface area contributed by atoms with Gasteiger partial charge in [-0.15, -0.1) is 0 Å². The van der Waals surface area contributed by atoms with Gasteiger partial charge in [-0.2, -0.15) is 4.31 Å². The van der Waals surface area contributed by atoms with E-state index in [4.69, 9.17) is 9.15 Å². The fourth-order valence-corrected chi connectivity index (χ4v) is 4.11. The summed E-state index contributed by atoms with van der Waals surface area (Å²) >= 11 is 0. The predicted octanol–water partition coefficient (Wildman–Crippen LogP) is 3.17. The summed E-state index contributed by atoms with van der Waals surface area (Å²) in [6, 6.07) is 9.55. The minimum Gasteiger partial charge on any atom is -0.494 e. The maximum Gasteiger partial charge on any atom is 0.243 e. The molecule has 0 bridgehead atoms. The summed E-state index contributed by atoms with van der Waals surface area (Å²) in [7, 11) is -3.90. The van der Waals surface area contributed by atoms with Crippen LogP contribution in [-0.4, -0.2) is 37.8 Å². The molecule has 154 valence electrons. The summed E-state index contributed by atoms with van der Waals surface area (Å²) in [6.07, 6.45) is 3.04. The Morgan fingerprint density at radius 2 is 1.82 bits per heavy atom. The van der Waals surface area contributed by atoms with Crippen molar-refractivity contribution < 1.29 is 22.4 Å². The molecule has 0 spiro atoms. The SMILES string of the molecule is CCOc1ccc(S(=O)(=O)N(CC(=O)NC(CC)CC)Cc2ccco2)cc1. The zero-order valence-corrected chi connectivity index (χ0v) is 17.4. The van der Waals surface area contributed by atoms with Crippen LogP contribution in [0.5, 0.6) is 5.75 Å². The molecule has 2 aromatic rings. The number of rotatable bonds is 11. The first-order chi connectivity index (χ1) is 13.4. The van der Waals surface area contributed by atoms with Crippen LogP contribution in [0.1, 0.15) is 39.4 Å². The van der Waals surface area contributed by atoms with Gasteiger partial charge in [0.05, 0.1) is 30.9 Å². The van der Waals surface area contributed by atoms with E-state index in [1.54, 1.807) is 24.3 Å². The summed E-state index contributed by atoms with van der Waals surface area (Å²) in [6.45, 7) is 5.99. The Morgan fingerprint density at radius 1 is 1.14 bits per heavy atom. The fraction of sp³-hybridized carbons (Fsp3) is 0.450. The number of furan rings is 1.